The zero-order valence-corrected chi connectivity index (χ0v) is 13.7. The summed E-state index contributed by atoms with van der Waals surface area (Å²) in [6, 6.07) is 7.73. The Bertz CT molecular complexity index is 594. The van der Waals surface area contributed by atoms with Crippen LogP contribution in [0.5, 0.6) is 0 Å². The first kappa shape index (κ1) is 15.7. The number of likely N-dealkylation sites (N-methyl/N-ethyl adjacent to an activating group) is 1. The molecule has 1 aromatic heterocycles. The number of halogens is 1. The third-order valence-corrected chi connectivity index (χ3v) is 3.76. The van der Waals surface area contributed by atoms with Gasteiger partial charge in [0.15, 0.2) is 0 Å². The molecule has 112 valence electrons. The highest BCUT2D eigenvalue weighted by Gasteiger charge is 2.19. The van der Waals surface area contributed by atoms with Crippen LogP contribution in [-0.2, 0) is 18.3 Å². The normalized spacial score (nSPS) is 12.1. The molecule has 2 aromatic rings. The molecule has 0 aliphatic carbocycles. The number of amides is 1. The number of aromatic nitrogens is 2. The van der Waals surface area contributed by atoms with Crippen molar-refractivity contribution in [2.45, 2.75) is 12.5 Å². The lowest BCUT2D eigenvalue weighted by atomic mass is 10.1. The van der Waals surface area contributed by atoms with Gasteiger partial charge in [-0.3, -0.25) is 9.48 Å². The van der Waals surface area contributed by atoms with Gasteiger partial charge in [0.05, 0.1) is 6.20 Å². The maximum atomic E-state index is 12.2. The van der Waals surface area contributed by atoms with E-state index >= 15 is 0 Å². The summed E-state index contributed by atoms with van der Waals surface area (Å²) in [4.78, 5) is 12.2. The number of nitrogens with zero attached hydrogens (tertiary/aromatic N) is 2. The molecular weight excluding hydrogens is 332 g/mol. The molecule has 1 amide bonds. The molecule has 0 aliphatic rings. The predicted octanol–water partition coefficient (Wildman–Crippen LogP) is 1.80. The van der Waals surface area contributed by atoms with Crippen LogP contribution < -0.4 is 10.6 Å². The van der Waals surface area contributed by atoms with E-state index in [1.165, 1.54) is 5.56 Å². The van der Waals surface area contributed by atoms with Gasteiger partial charge in [0.1, 0.15) is 6.04 Å². The molecule has 0 saturated heterocycles. The minimum Gasteiger partial charge on any atom is -0.354 e. The standard InChI is InChI=1S/C15H19BrN4O/c1-17-14(12-9-19-20(2)10-12)15(21)18-8-7-11-3-5-13(16)6-4-11/h3-6,9-10,14,17H,7-8H2,1-2H3,(H,18,21). The van der Waals surface area contributed by atoms with E-state index in [0.717, 1.165) is 16.5 Å². The lowest BCUT2D eigenvalue weighted by Gasteiger charge is -2.14. The minimum absolute atomic E-state index is 0.0392. The van der Waals surface area contributed by atoms with Crippen LogP contribution >= 0.6 is 15.9 Å². The van der Waals surface area contributed by atoms with Gasteiger partial charge < -0.3 is 10.6 Å². The fraction of sp³-hybridized carbons (Fsp3) is 0.333. The largest absolute Gasteiger partial charge is 0.354 e. The highest BCUT2D eigenvalue weighted by molar-refractivity contribution is 9.10. The quantitative estimate of drug-likeness (QED) is 0.835. The van der Waals surface area contributed by atoms with Gasteiger partial charge in [-0.25, -0.2) is 0 Å². The van der Waals surface area contributed by atoms with Crippen LogP contribution in [0.25, 0.3) is 0 Å². The van der Waals surface area contributed by atoms with Crippen LogP contribution in [-0.4, -0.2) is 29.3 Å². The Balaban J connectivity index is 1.87. The van der Waals surface area contributed by atoms with Crippen molar-refractivity contribution in [1.29, 1.82) is 0 Å². The monoisotopic (exact) mass is 350 g/mol. The summed E-state index contributed by atoms with van der Waals surface area (Å²) in [5.41, 5.74) is 2.06. The smallest absolute Gasteiger partial charge is 0.241 e. The Kier molecular flexibility index (Phi) is 5.52. The van der Waals surface area contributed by atoms with Crippen LogP contribution in [0.3, 0.4) is 0 Å². The number of aryl methyl sites for hydroxylation is 1. The maximum Gasteiger partial charge on any atom is 0.241 e. The first-order valence-corrected chi connectivity index (χ1v) is 7.57. The SMILES string of the molecule is CNC(C(=O)NCCc1ccc(Br)cc1)c1cnn(C)c1. The molecule has 1 unspecified atom stereocenters. The van der Waals surface area contributed by atoms with Crippen molar-refractivity contribution >= 4 is 21.8 Å². The summed E-state index contributed by atoms with van der Waals surface area (Å²) >= 11 is 3.41. The second kappa shape index (κ2) is 7.38. The average Bonchev–Trinajstić information content (AvgIpc) is 2.88. The fourth-order valence-corrected chi connectivity index (χ4v) is 2.39. The molecule has 0 fully saturated rings. The predicted molar refractivity (Wildman–Crippen MR) is 85.9 cm³/mol. The molecule has 0 saturated carbocycles. The number of hydrogen-bond acceptors (Lipinski definition) is 3. The summed E-state index contributed by atoms with van der Waals surface area (Å²) in [6.45, 7) is 0.610. The number of hydrogen-bond donors (Lipinski definition) is 2. The zero-order valence-electron chi connectivity index (χ0n) is 12.1. The van der Waals surface area contributed by atoms with E-state index in [9.17, 15) is 4.79 Å². The Labute approximate surface area is 132 Å². The first-order valence-electron chi connectivity index (χ1n) is 6.78. The van der Waals surface area contributed by atoms with Gasteiger partial charge in [-0.05, 0) is 31.2 Å². The lowest BCUT2D eigenvalue weighted by molar-refractivity contribution is -0.123. The molecule has 1 heterocycles. The van der Waals surface area contributed by atoms with Crippen LogP contribution in [0.4, 0.5) is 0 Å². The van der Waals surface area contributed by atoms with Crippen molar-refractivity contribution in [1.82, 2.24) is 20.4 Å². The van der Waals surface area contributed by atoms with Crippen molar-refractivity contribution in [2.75, 3.05) is 13.6 Å². The molecule has 2 rings (SSSR count). The summed E-state index contributed by atoms with van der Waals surface area (Å²) in [5.74, 6) is -0.0392. The third kappa shape index (κ3) is 4.41. The molecule has 0 bridgehead atoms. The number of carbonyl (C=O) groups is 1. The van der Waals surface area contributed by atoms with Gasteiger partial charge in [0.25, 0.3) is 0 Å². The summed E-state index contributed by atoms with van der Waals surface area (Å²) in [7, 11) is 3.60. The fourth-order valence-electron chi connectivity index (χ4n) is 2.12. The molecule has 0 spiro atoms. The van der Waals surface area contributed by atoms with Crippen LogP contribution in [0.15, 0.2) is 41.1 Å². The molecule has 1 aromatic carbocycles. The van der Waals surface area contributed by atoms with Crippen LogP contribution in [0.1, 0.15) is 17.2 Å². The lowest BCUT2D eigenvalue weighted by Crippen LogP contribution is -2.36. The highest BCUT2D eigenvalue weighted by Crippen LogP contribution is 2.12. The van der Waals surface area contributed by atoms with E-state index in [2.05, 4.69) is 31.7 Å². The molecule has 5 nitrogen and oxygen atoms in total. The molecular formula is C15H19BrN4O. The van der Waals surface area contributed by atoms with Gasteiger partial charge >= 0.3 is 0 Å². The third-order valence-electron chi connectivity index (χ3n) is 3.24. The van der Waals surface area contributed by atoms with Crippen molar-refractivity contribution in [2.24, 2.45) is 7.05 Å². The van der Waals surface area contributed by atoms with E-state index in [1.54, 1.807) is 17.9 Å². The topological polar surface area (TPSA) is 59.0 Å². The second-order valence-electron chi connectivity index (χ2n) is 4.84. The Morgan fingerprint density at radius 3 is 2.67 bits per heavy atom. The number of rotatable bonds is 6. The summed E-state index contributed by atoms with van der Waals surface area (Å²) < 4.78 is 2.75. The van der Waals surface area contributed by atoms with E-state index in [-0.39, 0.29) is 11.9 Å². The van der Waals surface area contributed by atoms with E-state index in [4.69, 9.17) is 0 Å². The molecule has 1 atom stereocenters. The van der Waals surface area contributed by atoms with E-state index < -0.39 is 0 Å². The van der Waals surface area contributed by atoms with Crippen LogP contribution in [0, 0.1) is 0 Å². The van der Waals surface area contributed by atoms with E-state index in [1.807, 2.05) is 37.5 Å². The molecule has 6 heteroatoms. The van der Waals surface area contributed by atoms with E-state index in [0.29, 0.717) is 6.54 Å². The number of benzene rings is 1. The van der Waals surface area contributed by atoms with Crippen molar-refractivity contribution < 1.29 is 4.79 Å². The number of nitrogens with one attached hydrogen (secondary N) is 2. The molecule has 2 N–H and O–H groups in total. The zero-order chi connectivity index (χ0) is 15.2. The Morgan fingerprint density at radius 2 is 2.10 bits per heavy atom. The molecule has 21 heavy (non-hydrogen) atoms. The Hall–Kier alpha value is -1.66. The van der Waals surface area contributed by atoms with Gasteiger partial charge in [0.2, 0.25) is 5.91 Å². The summed E-state index contributed by atoms with van der Waals surface area (Å²) in [5, 5.41) is 10.1. The van der Waals surface area contributed by atoms with Gasteiger partial charge in [-0.2, -0.15) is 5.10 Å². The van der Waals surface area contributed by atoms with Crippen LogP contribution in [0.2, 0.25) is 0 Å². The average molecular weight is 351 g/mol. The molecule has 0 radical (unpaired) electrons. The van der Waals surface area contributed by atoms with Gasteiger partial charge in [-0.1, -0.05) is 28.1 Å². The summed E-state index contributed by atoms with van der Waals surface area (Å²) in [6.07, 6.45) is 4.35. The van der Waals surface area contributed by atoms with Crippen molar-refractivity contribution in [3.8, 4) is 0 Å². The van der Waals surface area contributed by atoms with Crippen molar-refractivity contribution in [3.63, 3.8) is 0 Å². The van der Waals surface area contributed by atoms with Gasteiger partial charge in [0, 0.05) is 29.8 Å². The maximum absolute atomic E-state index is 12.2. The van der Waals surface area contributed by atoms with Gasteiger partial charge in [-0.15, -0.1) is 0 Å². The highest BCUT2D eigenvalue weighted by atomic mass is 79.9. The minimum atomic E-state index is -0.372. The molecule has 0 aliphatic heterocycles. The second-order valence-corrected chi connectivity index (χ2v) is 5.75. The Morgan fingerprint density at radius 1 is 1.38 bits per heavy atom. The first-order chi connectivity index (χ1) is 10.1. The number of carbonyl (C=O) groups excluding carboxylic acids is 1. The van der Waals surface area contributed by atoms with Crippen molar-refractivity contribution in [3.05, 3.63) is 52.3 Å².